The highest BCUT2D eigenvalue weighted by atomic mass is 32.1. The fraction of sp³-hybridized carbons (Fsp3) is 0.0769. The molecule has 0 spiro atoms. The molecular formula is C13H9NO3S. The molecule has 4 nitrogen and oxygen atoms in total. The fourth-order valence-corrected chi connectivity index (χ4v) is 2.72. The topological polar surface area (TPSA) is 63.3 Å². The second-order valence-corrected chi connectivity index (χ2v) is 4.98. The Morgan fingerprint density at radius 2 is 2.22 bits per heavy atom. The number of thiazole rings is 1. The van der Waals surface area contributed by atoms with Gasteiger partial charge >= 0.3 is 5.97 Å². The molecule has 0 atom stereocenters. The molecule has 0 amide bonds. The van der Waals surface area contributed by atoms with Gasteiger partial charge in [-0.2, -0.15) is 0 Å². The fourth-order valence-electron chi connectivity index (χ4n) is 1.74. The highest BCUT2D eigenvalue weighted by Gasteiger charge is 2.10. The monoisotopic (exact) mass is 259 g/mol. The van der Waals surface area contributed by atoms with Gasteiger partial charge in [0.1, 0.15) is 17.0 Å². The largest absolute Gasteiger partial charge is 0.478 e. The van der Waals surface area contributed by atoms with Gasteiger partial charge in [0.15, 0.2) is 0 Å². The molecule has 1 N–H and O–H groups in total. The summed E-state index contributed by atoms with van der Waals surface area (Å²) in [7, 11) is 0. The molecule has 0 aliphatic carbocycles. The van der Waals surface area contributed by atoms with Crippen LogP contribution in [0.5, 0.6) is 0 Å². The third-order valence-electron chi connectivity index (χ3n) is 2.61. The normalized spacial score (nSPS) is 10.9. The lowest BCUT2D eigenvalue weighted by atomic mass is 10.2. The summed E-state index contributed by atoms with van der Waals surface area (Å²) >= 11 is 1.46. The van der Waals surface area contributed by atoms with Crippen LogP contribution in [0.15, 0.2) is 34.9 Å². The van der Waals surface area contributed by atoms with Gasteiger partial charge in [0, 0.05) is 5.56 Å². The van der Waals surface area contributed by atoms with Gasteiger partial charge < -0.3 is 9.52 Å². The molecule has 3 rings (SSSR count). The zero-order valence-electron chi connectivity index (χ0n) is 9.51. The first-order valence-corrected chi connectivity index (χ1v) is 6.14. The molecule has 0 fully saturated rings. The number of carbonyl (C=O) groups is 1. The zero-order valence-corrected chi connectivity index (χ0v) is 10.3. The van der Waals surface area contributed by atoms with Crippen molar-refractivity contribution in [3.8, 4) is 10.6 Å². The van der Waals surface area contributed by atoms with Crippen molar-refractivity contribution in [3.05, 3.63) is 41.9 Å². The van der Waals surface area contributed by atoms with E-state index in [9.17, 15) is 4.79 Å². The van der Waals surface area contributed by atoms with E-state index in [0.29, 0.717) is 0 Å². The van der Waals surface area contributed by atoms with Gasteiger partial charge in [-0.1, -0.05) is 0 Å². The Morgan fingerprint density at radius 1 is 1.39 bits per heavy atom. The van der Waals surface area contributed by atoms with Gasteiger partial charge in [-0.25, -0.2) is 9.78 Å². The van der Waals surface area contributed by atoms with Gasteiger partial charge in [-0.05, 0) is 31.2 Å². The van der Waals surface area contributed by atoms with E-state index in [1.165, 1.54) is 11.3 Å². The Bertz CT molecular complexity index is 742. The number of aromatic nitrogens is 1. The lowest BCUT2D eigenvalue weighted by molar-refractivity contribution is 0.0697. The lowest BCUT2D eigenvalue weighted by Gasteiger charge is -1.91. The van der Waals surface area contributed by atoms with Crippen LogP contribution in [-0.2, 0) is 0 Å². The van der Waals surface area contributed by atoms with Crippen LogP contribution in [0.4, 0.5) is 0 Å². The Balaban J connectivity index is 2.13. The van der Waals surface area contributed by atoms with Crippen molar-refractivity contribution >= 4 is 27.5 Å². The molecular weight excluding hydrogens is 250 g/mol. The molecule has 0 saturated heterocycles. The van der Waals surface area contributed by atoms with Crippen molar-refractivity contribution < 1.29 is 14.3 Å². The molecule has 5 heteroatoms. The Hall–Kier alpha value is -2.14. The van der Waals surface area contributed by atoms with E-state index in [1.807, 2.05) is 13.0 Å². The summed E-state index contributed by atoms with van der Waals surface area (Å²) in [6.07, 6.45) is 1.66. The maximum absolute atomic E-state index is 10.9. The van der Waals surface area contributed by atoms with E-state index in [0.717, 1.165) is 26.5 Å². The molecule has 0 bridgehead atoms. The molecule has 90 valence electrons. The zero-order chi connectivity index (χ0) is 12.7. The predicted molar refractivity (Wildman–Crippen MR) is 69.0 cm³/mol. The number of furan rings is 1. The van der Waals surface area contributed by atoms with E-state index >= 15 is 0 Å². The number of benzene rings is 1. The summed E-state index contributed by atoms with van der Waals surface area (Å²) in [5, 5.41) is 9.78. The van der Waals surface area contributed by atoms with E-state index in [4.69, 9.17) is 9.52 Å². The van der Waals surface area contributed by atoms with Crippen LogP contribution in [0, 0.1) is 6.92 Å². The van der Waals surface area contributed by atoms with Gasteiger partial charge in [0.25, 0.3) is 0 Å². The van der Waals surface area contributed by atoms with Crippen LogP contribution >= 0.6 is 11.3 Å². The number of aromatic carboxylic acids is 1. The molecule has 1 aromatic carbocycles. The number of aryl methyl sites for hydroxylation is 1. The van der Waals surface area contributed by atoms with Crippen LogP contribution < -0.4 is 0 Å². The Kier molecular flexibility index (Phi) is 2.41. The summed E-state index contributed by atoms with van der Waals surface area (Å²) in [4.78, 5) is 15.4. The van der Waals surface area contributed by atoms with Crippen LogP contribution in [0.2, 0.25) is 0 Å². The second kappa shape index (κ2) is 3.96. The number of rotatable bonds is 2. The van der Waals surface area contributed by atoms with Crippen molar-refractivity contribution in [2.45, 2.75) is 6.92 Å². The standard InChI is InChI=1S/C13H9NO3S/c1-7-4-9(6-17-7)12-14-10-3-2-8(13(15)16)5-11(10)18-12/h2-6H,1H3,(H,15,16). The third-order valence-corrected chi connectivity index (χ3v) is 3.68. The predicted octanol–water partition coefficient (Wildman–Crippen LogP) is 3.56. The number of carboxylic acids is 1. The first kappa shape index (κ1) is 11.0. The third kappa shape index (κ3) is 1.78. The SMILES string of the molecule is Cc1cc(-c2nc3ccc(C(=O)O)cc3s2)co1. The number of hydrogen-bond acceptors (Lipinski definition) is 4. The van der Waals surface area contributed by atoms with Crippen molar-refractivity contribution in [1.29, 1.82) is 0 Å². The van der Waals surface area contributed by atoms with Crippen molar-refractivity contribution in [2.75, 3.05) is 0 Å². The maximum atomic E-state index is 10.9. The van der Waals surface area contributed by atoms with Gasteiger partial charge in [-0.15, -0.1) is 11.3 Å². The van der Waals surface area contributed by atoms with Crippen LogP contribution in [-0.4, -0.2) is 16.1 Å². The second-order valence-electron chi connectivity index (χ2n) is 3.95. The average Bonchev–Trinajstić information content (AvgIpc) is 2.93. The smallest absolute Gasteiger partial charge is 0.335 e. The van der Waals surface area contributed by atoms with Crippen LogP contribution in [0.25, 0.3) is 20.8 Å². The summed E-state index contributed by atoms with van der Waals surface area (Å²) in [5.74, 6) is -0.0958. The van der Waals surface area contributed by atoms with Crippen LogP contribution in [0.3, 0.4) is 0 Å². The van der Waals surface area contributed by atoms with E-state index in [-0.39, 0.29) is 5.56 Å². The highest BCUT2D eigenvalue weighted by molar-refractivity contribution is 7.21. The molecule has 2 heterocycles. The summed E-state index contributed by atoms with van der Waals surface area (Å²) in [5.41, 5.74) is 2.01. The van der Waals surface area contributed by atoms with Gasteiger partial charge in [0.2, 0.25) is 0 Å². The summed E-state index contributed by atoms with van der Waals surface area (Å²) < 4.78 is 6.11. The molecule has 0 aliphatic rings. The Labute approximate surface area is 107 Å². The number of fused-ring (bicyclic) bond motifs is 1. The van der Waals surface area contributed by atoms with Crippen molar-refractivity contribution in [3.63, 3.8) is 0 Å². The molecule has 2 aromatic heterocycles. The summed E-state index contributed by atoms with van der Waals surface area (Å²) in [6.45, 7) is 1.87. The van der Waals surface area contributed by atoms with Gasteiger partial charge in [-0.3, -0.25) is 0 Å². The first-order valence-electron chi connectivity index (χ1n) is 5.33. The molecule has 0 aliphatic heterocycles. The highest BCUT2D eigenvalue weighted by Crippen LogP contribution is 2.31. The van der Waals surface area contributed by atoms with Crippen LogP contribution in [0.1, 0.15) is 16.1 Å². The van der Waals surface area contributed by atoms with E-state index < -0.39 is 5.97 Å². The van der Waals surface area contributed by atoms with E-state index in [2.05, 4.69) is 4.98 Å². The summed E-state index contributed by atoms with van der Waals surface area (Å²) in [6, 6.07) is 6.85. The number of carboxylic acid groups (broad SMARTS) is 1. The lowest BCUT2D eigenvalue weighted by Crippen LogP contribution is -1.94. The minimum Gasteiger partial charge on any atom is -0.478 e. The number of hydrogen-bond donors (Lipinski definition) is 1. The molecule has 18 heavy (non-hydrogen) atoms. The Morgan fingerprint density at radius 3 is 2.89 bits per heavy atom. The van der Waals surface area contributed by atoms with Crippen molar-refractivity contribution in [1.82, 2.24) is 4.98 Å². The van der Waals surface area contributed by atoms with Crippen molar-refractivity contribution in [2.24, 2.45) is 0 Å². The number of nitrogens with zero attached hydrogens (tertiary/aromatic N) is 1. The maximum Gasteiger partial charge on any atom is 0.335 e. The molecule has 0 radical (unpaired) electrons. The molecule has 3 aromatic rings. The molecule has 0 unspecified atom stereocenters. The van der Waals surface area contributed by atoms with E-state index in [1.54, 1.807) is 24.5 Å². The molecule has 0 saturated carbocycles. The quantitative estimate of drug-likeness (QED) is 0.764. The minimum absolute atomic E-state index is 0.279. The van der Waals surface area contributed by atoms with Gasteiger partial charge in [0.05, 0.1) is 15.8 Å². The first-order chi connectivity index (χ1) is 8.63. The minimum atomic E-state index is -0.925. The average molecular weight is 259 g/mol.